The Hall–Kier alpha value is 3.21. The molecule has 0 nitrogen and oxygen atoms in total. The SMILES string of the molecule is [B].[Co].[Fe].[Nb].[Ni].[Zr]. The van der Waals surface area contributed by atoms with Crippen molar-refractivity contribution in [2.24, 2.45) is 0 Å². The van der Waals surface area contributed by atoms with E-state index in [9.17, 15) is 0 Å². The molecule has 6 heteroatoms. The predicted molar refractivity (Wildman–Crippen MR) is 5.75 cm³/mol. The van der Waals surface area contributed by atoms with Gasteiger partial charge in [0.05, 0.1) is 0 Å². The first-order valence-electron chi connectivity index (χ1n) is 0. The number of hydrogen-bond acceptors (Lipinski definition) is 0. The van der Waals surface area contributed by atoms with E-state index in [0.29, 0.717) is 0 Å². The second-order valence-electron chi connectivity index (χ2n) is 0. The van der Waals surface area contributed by atoms with E-state index < -0.39 is 0 Å². The normalized spacial score (nSPS) is 0. The summed E-state index contributed by atoms with van der Waals surface area (Å²) >= 11 is 0. The summed E-state index contributed by atoms with van der Waals surface area (Å²) in [6.07, 6.45) is 0. The van der Waals surface area contributed by atoms with Crippen molar-refractivity contribution in [3.63, 3.8) is 0 Å². The molecule has 0 aliphatic rings. The fraction of sp³-hybridized carbons (Fsp3) is 0. The summed E-state index contributed by atoms with van der Waals surface area (Å²) in [5.41, 5.74) is 0. The van der Waals surface area contributed by atoms with E-state index in [1.54, 1.807) is 0 Å². The molecule has 0 aromatic rings. The monoisotopic (exact) mass is 367 g/mol. The van der Waals surface area contributed by atoms with Crippen molar-refractivity contribution < 1.29 is 98.9 Å². The summed E-state index contributed by atoms with van der Waals surface area (Å²) in [5.74, 6) is 0. The molecular formula is BCoFeNbNiZr. The van der Waals surface area contributed by atoms with E-state index in [1.165, 1.54) is 0 Å². The Morgan fingerprint density at radius 2 is 1.00 bits per heavy atom. The van der Waals surface area contributed by atoms with Crippen LogP contribution in [-0.2, 0) is 98.9 Å². The first-order chi connectivity index (χ1) is 0. The van der Waals surface area contributed by atoms with Gasteiger partial charge in [-0.3, -0.25) is 0 Å². The van der Waals surface area contributed by atoms with Gasteiger partial charge in [-0.15, -0.1) is 0 Å². The summed E-state index contributed by atoms with van der Waals surface area (Å²) in [6.45, 7) is 0. The standard InChI is InChI=1S/B.Co.Fe.Nb.Ni.Zr. The molecule has 0 unspecified atom stereocenters. The van der Waals surface area contributed by atoms with Crippen LogP contribution in [0.4, 0.5) is 0 Å². The predicted octanol–water partition coefficient (Wildman–Crippen LogP) is -0.393. The quantitative estimate of drug-likeness (QED) is 0.511. The van der Waals surface area contributed by atoms with Crippen LogP contribution in [0.15, 0.2) is 0 Å². The van der Waals surface area contributed by atoms with Crippen LogP contribution in [0.2, 0.25) is 0 Å². The molecule has 0 saturated heterocycles. The summed E-state index contributed by atoms with van der Waals surface area (Å²) in [4.78, 5) is 0. The molecule has 0 spiro atoms. The zero-order valence-electron chi connectivity index (χ0n) is 2.53. The molecule has 6 heavy (non-hydrogen) atoms. The van der Waals surface area contributed by atoms with E-state index in [4.69, 9.17) is 0 Å². The van der Waals surface area contributed by atoms with Crippen molar-refractivity contribution in [2.75, 3.05) is 0 Å². The van der Waals surface area contributed by atoms with Crippen LogP contribution in [0.1, 0.15) is 0 Å². The van der Waals surface area contributed by atoms with Crippen molar-refractivity contribution in [1.82, 2.24) is 0 Å². The van der Waals surface area contributed by atoms with Gasteiger partial charge in [-0.1, -0.05) is 0 Å². The molecule has 0 saturated carbocycles. The molecule has 0 aromatic heterocycles. The minimum atomic E-state index is 0. The smallest absolute Gasteiger partial charge is 0 e. The molecule has 0 amide bonds. The van der Waals surface area contributed by atoms with Crippen molar-refractivity contribution in [2.45, 2.75) is 0 Å². The summed E-state index contributed by atoms with van der Waals surface area (Å²) in [6, 6.07) is 0. The average molecular weight is 368 g/mol. The van der Waals surface area contributed by atoms with Crippen LogP contribution >= 0.6 is 0 Å². The van der Waals surface area contributed by atoms with Gasteiger partial charge in [-0.2, -0.15) is 0 Å². The van der Waals surface area contributed by atoms with Crippen molar-refractivity contribution >= 4 is 8.41 Å². The topological polar surface area (TPSA) is 0 Å². The van der Waals surface area contributed by atoms with Crippen LogP contribution in [-0.4, -0.2) is 8.41 Å². The molecule has 0 atom stereocenters. The zero-order chi connectivity index (χ0) is 0. The molecule has 0 bridgehead atoms. The Kier molecular flexibility index (Phi) is 416. The van der Waals surface area contributed by atoms with Crippen LogP contribution in [0, 0.1) is 0 Å². The maximum atomic E-state index is 0. The molecule has 0 aliphatic carbocycles. The van der Waals surface area contributed by atoms with Crippen molar-refractivity contribution in [3.05, 3.63) is 0 Å². The van der Waals surface area contributed by atoms with Crippen LogP contribution in [0.25, 0.3) is 0 Å². The van der Waals surface area contributed by atoms with E-state index in [1.807, 2.05) is 0 Å². The summed E-state index contributed by atoms with van der Waals surface area (Å²) < 4.78 is 0. The van der Waals surface area contributed by atoms with E-state index in [0.717, 1.165) is 0 Å². The van der Waals surface area contributed by atoms with Gasteiger partial charge in [-0.05, 0) is 0 Å². The minimum Gasteiger partial charge on any atom is 0 e. The molecular weight excluding hydrogens is 368 g/mol. The molecule has 39 valence electrons. The largest absolute Gasteiger partial charge is 0 e. The van der Waals surface area contributed by atoms with Crippen LogP contribution in [0.3, 0.4) is 0 Å². The van der Waals surface area contributed by atoms with E-state index in [2.05, 4.69) is 0 Å². The second-order valence-corrected chi connectivity index (χ2v) is 0. The number of rotatable bonds is 0. The summed E-state index contributed by atoms with van der Waals surface area (Å²) in [7, 11) is 0. The van der Waals surface area contributed by atoms with Gasteiger partial charge in [0.15, 0.2) is 0 Å². The second kappa shape index (κ2) is 41.4. The summed E-state index contributed by atoms with van der Waals surface area (Å²) in [5, 5.41) is 0. The van der Waals surface area contributed by atoms with Gasteiger partial charge in [-0.25, -0.2) is 0 Å². The third-order valence-electron chi connectivity index (χ3n) is 0. The average Bonchev–Trinajstić information content (AvgIpc) is 0. The number of hydrogen-bond donors (Lipinski definition) is 0. The fourth-order valence-electron chi connectivity index (χ4n) is 0. The van der Waals surface area contributed by atoms with Crippen LogP contribution in [0.5, 0.6) is 0 Å². The first-order valence-corrected chi connectivity index (χ1v) is 0. The van der Waals surface area contributed by atoms with E-state index in [-0.39, 0.29) is 107 Å². The Bertz CT molecular complexity index is 15.5. The molecule has 0 fully saturated rings. The van der Waals surface area contributed by atoms with Gasteiger partial charge in [0.2, 0.25) is 0 Å². The van der Waals surface area contributed by atoms with E-state index >= 15 is 0 Å². The molecule has 5 radical (unpaired) electrons. The van der Waals surface area contributed by atoms with Gasteiger partial charge < -0.3 is 0 Å². The zero-order valence-corrected chi connectivity index (χ0v) is 10.3. The van der Waals surface area contributed by atoms with Crippen molar-refractivity contribution in [1.29, 1.82) is 0 Å². The Balaban J connectivity index is 0. The molecule has 0 N–H and O–H groups in total. The third kappa shape index (κ3) is 27.0. The van der Waals surface area contributed by atoms with Gasteiger partial charge in [0, 0.05) is 107 Å². The fourth-order valence-corrected chi connectivity index (χ4v) is 0. The Morgan fingerprint density at radius 1 is 1.00 bits per heavy atom. The Morgan fingerprint density at radius 3 is 1.00 bits per heavy atom. The molecule has 0 aromatic carbocycles. The third-order valence-corrected chi connectivity index (χ3v) is 0. The molecule has 0 rings (SSSR count). The van der Waals surface area contributed by atoms with Gasteiger partial charge in [0.25, 0.3) is 0 Å². The van der Waals surface area contributed by atoms with Crippen LogP contribution < -0.4 is 0 Å². The van der Waals surface area contributed by atoms with Gasteiger partial charge in [0.1, 0.15) is 0 Å². The minimum absolute atomic E-state index is 0. The van der Waals surface area contributed by atoms with Gasteiger partial charge >= 0.3 is 0 Å². The van der Waals surface area contributed by atoms with Crippen molar-refractivity contribution in [3.8, 4) is 0 Å². The molecule has 0 aliphatic heterocycles. The Labute approximate surface area is 106 Å². The first kappa shape index (κ1) is 60.3. The maximum Gasteiger partial charge on any atom is 0 e. The molecule has 0 heterocycles. The maximum absolute atomic E-state index is 0.